The SMILES string of the molecule is CCc1cc(=O)[nH]c(N2CCOCC2)n1.Cl. The molecule has 90 valence electrons. The first-order valence-corrected chi connectivity index (χ1v) is 5.22. The van der Waals surface area contributed by atoms with Gasteiger partial charge in [0.25, 0.3) is 5.56 Å². The van der Waals surface area contributed by atoms with Crippen molar-refractivity contribution in [3.8, 4) is 0 Å². The van der Waals surface area contributed by atoms with Gasteiger partial charge in [-0.05, 0) is 6.42 Å². The summed E-state index contributed by atoms with van der Waals surface area (Å²) in [5.74, 6) is 0.669. The molecule has 1 saturated heterocycles. The fraction of sp³-hybridized carbons (Fsp3) is 0.600. The molecule has 0 aliphatic carbocycles. The van der Waals surface area contributed by atoms with Gasteiger partial charge in [-0.2, -0.15) is 0 Å². The van der Waals surface area contributed by atoms with Crippen LogP contribution in [0.5, 0.6) is 0 Å². The average Bonchev–Trinajstić information content (AvgIpc) is 2.29. The molecule has 0 amide bonds. The Morgan fingerprint density at radius 1 is 1.50 bits per heavy atom. The molecule has 1 N–H and O–H groups in total. The molecule has 0 spiro atoms. The van der Waals surface area contributed by atoms with Gasteiger partial charge in [-0.15, -0.1) is 12.4 Å². The van der Waals surface area contributed by atoms with Crippen LogP contribution in [0.2, 0.25) is 0 Å². The highest BCUT2D eigenvalue weighted by Gasteiger charge is 2.13. The van der Waals surface area contributed by atoms with E-state index in [9.17, 15) is 4.79 Å². The Balaban J connectivity index is 0.00000128. The van der Waals surface area contributed by atoms with Crippen molar-refractivity contribution in [1.29, 1.82) is 0 Å². The number of halogens is 1. The molecule has 0 radical (unpaired) electrons. The lowest BCUT2D eigenvalue weighted by atomic mass is 10.3. The Labute approximate surface area is 100 Å². The van der Waals surface area contributed by atoms with Gasteiger partial charge in [-0.3, -0.25) is 9.78 Å². The second-order valence-corrected chi connectivity index (χ2v) is 3.51. The lowest BCUT2D eigenvalue weighted by Crippen LogP contribution is -2.38. The molecule has 0 saturated carbocycles. The second-order valence-electron chi connectivity index (χ2n) is 3.51. The molecule has 0 atom stereocenters. The summed E-state index contributed by atoms with van der Waals surface area (Å²) in [5.41, 5.74) is 0.753. The van der Waals surface area contributed by atoms with Crippen LogP contribution >= 0.6 is 12.4 Å². The normalized spacial score (nSPS) is 15.7. The molecule has 1 aromatic heterocycles. The number of nitrogens with one attached hydrogen (secondary N) is 1. The van der Waals surface area contributed by atoms with Crippen molar-refractivity contribution in [3.05, 3.63) is 22.1 Å². The highest BCUT2D eigenvalue weighted by atomic mass is 35.5. The number of aromatic amines is 1. The van der Waals surface area contributed by atoms with Gasteiger partial charge in [-0.25, -0.2) is 4.98 Å². The summed E-state index contributed by atoms with van der Waals surface area (Å²) in [6.07, 6.45) is 0.779. The van der Waals surface area contributed by atoms with Crippen molar-refractivity contribution in [2.75, 3.05) is 31.2 Å². The molecule has 1 aliphatic heterocycles. The fourth-order valence-corrected chi connectivity index (χ4v) is 1.60. The number of rotatable bonds is 2. The van der Waals surface area contributed by atoms with Crippen molar-refractivity contribution in [1.82, 2.24) is 9.97 Å². The fourth-order valence-electron chi connectivity index (χ4n) is 1.60. The van der Waals surface area contributed by atoms with E-state index in [1.165, 1.54) is 0 Å². The summed E-state index contributed by atoms with van der Waals surface area (Å²) in [7, 11) is 0. The predicted molar refractivity (Wildman–Crippen MR) is 64.5 cm³/mol. The van der Waals surface area contributed by atoms with Crippen LogP contribution < -0.4 is 10.5 Å². The monoisotopic (exact) mass is 245 g/mol. The van der Waals surface area contributed by atoms with Crippen LogP contribution in [0.1, 0.15) is 12.6 Å². The zero-order chi connectivity index (χ0) is 10.7. The van der Waals surface area contributed by atoms with Gasteiger partial charge in [-0.1, -0.05) is 6.92 Å². The van der Waals surface area contributed by atoms with E-state index >= 15 is 0 Å². The molecule has 2 rings (SSSR count). The van der Waals surface area contributed by atoms with E-state index in [1.54, 1.807) is 6.07 Å². The van der Waals surface area contributed by atoms with Gasteiger partial charge in [0, 0.05) is 24.8 Å². The standard InChI is InChI=1S/C10H15N3O2.ClH/c1-2-8-7-9(14)12-10(11-8)13-3-5-15-6-4-13;/h7H,2-6H2,1H3,(H,11,12,14);1H. The summed E-state index contributed by atoms with van der Waals surface area (Å²) in [5, 5.41) is 0. The van der Waals surface area contributed by atoms with Gasteiger partial charge in [0.05, 0.1) is 13.2 Å². The maximum Gasteiger partial charge on any atom is 0.252 e. The topological polar surface area (TPSA) is 58.2 Å². The third-order valence-corrected chi connectivity index (χ3v) is 2.46. The number of aromatic nitrogens is 2. The molecule has 5 nitrogen and oxygen atoms in total. The summed E-state index contributed by atoms with van der Waals surface area (Å²) in [6, 6.07) is 1.55. The molecule has 1 aromatic rings. The number of H-pyrrole nitrogens is 1. The Morgan fingerprint density at radius 3 is 2.81 bits per heavy atom. The van der Waals surface area contributed by atoms with Gasteiger partial charge in [0.15, 0.2) is 0 Å². The number of ether oxygens (including phenoxy) is 1. The molecule has 0 unspecified atom stereocenters. The first-order chi connectivity index (χ1) is 7.29. The number of hydrogen-bond acceptors (Lipinski definition) is 4. The average molecular weight is 246 g/mol. The molecule has 0 aromatic carbocycles. The third-order valence-electron chi connectivity index (χ3n) is 2.46. The van der Waals surface area contributed by atoms with Crippen LogP contribution in [0.25, 0.3) is 0 Å². The van der Waals surface area contributed by atoms with E-state index in [0.717, 1.165) is 25.2 Å². The Morgan fingerprint density at radius 2 is 2.19 bits per heavy atom. The van der Waals surface area contributed by atoms with Crippen LogP contribution in [0, 0.1) is 0 Å². The van der Waals surface area contributed by atoms with Crippen LogP contribution in [0.15, 0.2) is 10.9 Å². The van der Waals surface area contributed by atoms with Crippen LogP contribution in [0.4, 0.5) is 5.95 Å². The number of morpholine rings is 1. The van der Waals surface area contributed by atoms with Crippen molar-refractivity contribution in [2.24, 2.45) is 0 Å². The van der Waals surface area contributed by atoms with E-state index in [2.05, 4.69) is 9.97 Å². The Bertz CT molecular complexity index is 388. The Hall–Kier alpha value is -1.07. The highest BCUT2D eigenvalue weighted by molar-refractivity contribution is 5.85. The van der Waals surface area contributed by atoms with E-state index in [0.29, 0.717) is 19.2 Å². The minimum atomic E-state index is -0.0802. The molecule has 2 heterocycles. The minimum absolute atomic E-state index is 0. The van der Waals surface area contributed by atoms with E-state index in [-0.39, 0.29) is 18.0 Å². The molecular weight excluding hydrogens is 230 g/mol. The number of aryl methyl sites for hydroxylation is 1. The summed E-state index contributed by atoms with van der Waals surface area (Å²) in [6.45, 7) is 4.96. The predicted octanol–water partition coefficient (Wildman–Crippen LogP) is 0.591. The van der Waals surface area contributed by atoms with Crippen molar-refractivity contribution in [2.45, 2.75) is 13.3 Å². The molecule has 6 heteroatoms. The largest absolute Gasteiger partial charge is 0.378 e. The summed E-state index contributed by atoms with van der Waals surface area (Å²) >= 11 is 0. The third kappa shape index (κ3) is 2.96. The maximum absolute atomic E-state index is 11.4. The van der Waals surface area contributed by atoms with Crippen molar-refractivity contribution < 1.29 is 4.74 Å². The van der Waals surface area contributed by atoms with Gasteiger partial charge in [0.2, 0.25) is 5.95 Å². The molecule has 0 bridgehead atoms. The summed E-state index contributed by atoms with van der Waals surface area (Å²) in [4.78, 5) is 20.6. The van der Waals surface area contributed by atoms with E-state index < -0.39 is 0 Å². The van der Waals surface area contributed by atoms with Gasteiger partial charge >= 0.3 is 0 Å². The van der Waals surface area contributed by atoms with Gasteiger partial charge < -0.3 is 9.64 Å². The van der Waals surface area contributed by atoms with Crippen LogP contribution in [-0.2, 0) is 11.2 Å². The highest BCUT2D eigenvalue weighted by Crippen LogP contribution is 2.08. The number of anilines is 1. The zero-order valence-corrected chi connectivity index (χ0v) is 10.0. The lowest BCUT2D eigenvalue weighted by molar-refractivity contribution is 0.122. The Kier molecular flexibility index (Phi) is 4.76. The van der Waals surface area contributed by atoms with Crippen molar-refractivity contribution in [3.63, 3.8) is 0 Å². The van der Waals surface area contributed by atoms with E-state index in [4.69, 9.17) is 4.74 Å². The number of hydrogen-bond donors (Lipinski definition) is 1. The van der Waals surface area contributed by atoms with E-state index in [1.807, 2.05) is 11.8 Å². The molecule has 1 fully saturated rings. The van der Waals surface area contributed by atoms with Gasteiger partial charge in [0.1, 0.15) is 0 Å². The first kappa shape index (κ1) is 13.0. The molecular formula is C10H16ClN3O2. The quantitative estimate of drug-likeness (QED) is 0.829. The van der Waals surface area contributed by atoms with Crippen LogP contribution in [-0.4, -0.2) is 36.3 Å². The smallest absolute Gasteiger partial charge is 0.252 e. The summed E-state index contributed by atoms with van der Waals surface area (Å²) < 4.78 is 5.25. The maximum atomic E-state index is 11.4. The lowest BCUT2D eigenvalue weighted by Gasteiger charge is -2.27. The minimum Gasteiger partial charge on any atom is -0.378 e. The molecule has 1 aliphatic rings. The number of nitrogens with zero attached hydrogens (tertiary/aromatic N) is 2. The zero-order valence-electron chi connectivity index (χ0n) is 9.23. The first-order valence-electron chi connectivity index (χ1n) is 5.22. The van der Waals surface area contributed by atoms with Crippen molar-refractivity contribution >= 4 is 18.4 Å². The second kappa shape index (κ2) is 5.86. The molecule has 16 heavy (non-hydrogen) atoms. The van der Waals surface area contributed by atoms with Crippen LogP contribution in [0.3, 0.4) is 0 Å².